The fourth-order valence-corrected chi connectivity index (χ4v) is 3.58. The highest BCUT2D eigenvalue weighted by Gasteiger charge is 2.15. The van der Waals surface area contributed by atoms with Gasteiger partial charge in [0.1, 0.15) is 0 Å². The van der Waals surface area contributed by atoms with Gasteiger partial charge in [-0.05, 0) is 0 Å². The first-order valence-corrected chi connectivity index (χ1v) is 9.02. The topological polar surface area (TPSA) is 24.9 Å². The first kappa shape index (κ1) is 18.5. The minimum atomic E-state index is 0.872. The van der Waals surface area contributed by atoms with Crippen LogP contribution in [0.1, 0.15) is 27.7 Å². The van der Waals surface area contributed by atoms with Crippen LogP contribution >= 0.6 is 22.0 Å². The lowest BCUT2D eigenvalue weighted by molar-refractivity contribution is 0.0761. The van der Waals surface area contributed by atoms with Crippen LogP contribution in [0.25, 0.3) is 0 Å². The molecule has 110 valence electrons. The van der Waals surface area contributed by atoms with Crippen molar-refractivity contribution in [3.05, 3.63) is 0 Å². The molecule has 2 saturated heterocycles. The third-order valence-corrected chi connectivity index (χ3v) is 4.87. The Morgan fingerprint density at radius 3 is 1.17 bits per heavy atom. The molecule has 4 nitrogen and oxygen atoms in total. The highest BCUT2D eigenvalue weighted by atomic mass is 33.1. The highest BCUT2D eigenvalue weighted by Crippen LogP contribution is 2.30. The molecule has 0 spiro atoms. The summed E-state index contributed by atoms with van der Waals surface area (Å²) in [5, 5.41) is 0. The maximum absolute atomic E-state index is 5.29. The van der Waals surface area contributed by atoms with E-state index in [1.807, 2.05) is 49.7 Å². The van der Waals surface area contributed by atoms with Crippen molar-refractivity contribution in [3.8, 4) is 0 Å². The number of nitrogens with zero attached hydrogens (tertiary/aromatic N) is 2. The summed E-state index contributed by atoms with van der Waals surface area (Å²) < 4.78 is 15.3. The second-order valence-electron chi connectivity index (χ2n) is 3.23. The van der Waals surface area contributed by atoms with Gasteiger partial charge in [-0.3, -0.25) is 0 Å². The molecule has 0 aromatic carbocycles. The molecule has 0 bridgehead atoms. The van der Waals surface area contributed by atoms with Crippen molar-refractivity contribution in [1.29, 1.82) is 0 Å². The van der Waals surface area contributed by atoms with Gasteiger partial charge < -0.3 is 9.47 Å². The fourth-order valence-electron chi connectivity index (χ4n) is 1.34. The summed E-state index contributed by atoms with van der Waals surface area (Å²) in [5.74, 6) is 0. The molecule has 2 aliphatic heterocycles. The van der Waals surface area contributed by atoms with Crippen molar-refractivity contribution in [2.45, 2.75) is 27.7 Å². The molecule has 0 aromatic heterocycles. The first-order valence-electron chi connectivity index (χ1n) is 6.95. The number of ether oxygens (including phenoxy) is 2. The molecule has 0 radical (unpaired) electrons. The smallest absolute Gasteiger partial charge is 0.0603 e. The zero-order valence-corrected chi connectivity index (χ0v) is 13.8. The van der Waals surface area contributed by atoms with Crippen LogP contribution in [0.3, 0.4) is 0 Å². The van der Waals surface area contributed by atoms with Gasteiger partial charge in [0.2, 0.25) is 0 Å². The van der Waals surface area contributed by atoms with E-state index in [9.17, 15) is 0 Å². The number of morpholine rings is 2. The Bertz CT molecular complexity index is 146. The zero-order valence-electron chi connectivity index (χ0n) is 12.2. The lowest BCUT2D eigenvalue weighted by Gasteiger charge is -2.29. The summed E-state index contributed by atoms with van der Waals surface area (Å²) in [5.41, 5.74) is 0. The first-order chi connectivity index (χ1) is 8.95. The van der Waals surface area contributed by atoms with E-state index in [1.54, 1.807) is 0 Å². The van der Waals surface area contributed by atoms with Gasteiger partial charge in [-0.2, -0.15) is 0 Å². The Kier molecular flexibility index (Phi) is 14.4. The molecule has 6 heteroatoms. The van der Waals surface area contributed by atoms with Crippen LogP contribution in [0.15, 0.2) is 0 Å². The lowest BCUT2D eigenvalue weighted by Crippen LogP contribution is -2.33. The molecule has 0 atom stereocenters. The second kappa shape index (κ2) is 14.0. The summed E-state index contributed by atoms with van der Waals surface area (Å²) in [6.07, 6.45) is 0. The maximum Gasteiger partial charge on any atom is 0.0603 e. The van der Waals surface area contributed by atoms with E-state index in [0.29, 0.717) is 0 Å². The quantitative estimate of drug-likeness (QED) is 0.586. The molecule has 0 saturated carbocycles. The van der Waals surface area contributed by atoms with E-state index >= 15 is 0 Å². The van der Waals surface area contributed by atoms with Crippen molar-refractivity contribution in [1.82, 2.24) is 8.61 Å². The van der Waals surface area contributed by atoms with Crippen molar-refractivity contribution in [2.75, 3.05) is 52.6 Å². The molecule has 2 fully saturated rings. The van der Waals surface area contributed by atoms with E-state index < -0.39 is 0 Å². The van der Waals surface area contributed by atoms with E-state index in [4.69, 9.17) is 9.47 Å². The van der Waals surface area contributed by atoms with Gasteiger partial charge >= 0.3 is 0 Å². The van der Waals surface area contributed by atoms with Gasteiger partial charge in [0.25, 0.3) is 0 Å². The van der Waals surface area contributed by atoms with Crippen LogP contribution in [0.4, 0.5) is 0 Å². The largest absolute Gasteiger partial charge is 0.379 e. The summed E-state index contributed by atoms with van der Waals surface area (Å²) in [7, 11) is 3.69. The summed E-state index contributed by atoms with van der Waals surface area (Å²) in [6.45, 7) is 15.7. The third kappa shape index (κ3) is 8.61. The Balaban J connectivity index is 0.000000659. The standard InChI is InChI=1S/C8H16N2O2S2.2C2H6/c1-5-11-6-2-9(1)13-14-10-3-7-12-8-4-10;2*1-2/h1-8H2;2*1-2H3. The molecule has 0 unspecified atom stereocenters. The summed E-state index contributed by atoms with van der Waals surface area (Å²) in [6, 6.07) is 0. The SMILES string of the molecule is C1CN(SSN2CCOCC2)CCO1.CC.CC. The minimum absolute atomic E-state index is 0.872. The predicted molar refractivity (Wildman–Crippen MR) is 82.7 cm³/mol. The Morgan fingerprint density at radius 1 is 0.611 bits per heavy atom. The molecule has 0 N–H and O–H groups in total. The van der Waals surface area contributed by atoms with Crippen LogP contribution < -0.4 is 0 Å². The third-order valence-electron chi connectivity index (χ3n) is 2.18. The molecule has 2 rings (SSSR count). The van der Waals surface area contributed by atoms with Crippen molar-refractivity contribution < 1.29 is 9.47 Å². The highest BCUT2D eigenvalue weighted by molar-refractivity contribution is 8.74. The van der Waals surface area contributed by atoms with E-state index in [1.165, 1.54) is 0 Å². The zero-order chi connectivity index (χ0) is 13.6. The number of hydrogen-bond donors (Lipinski definition) is 0. The second-order valence-corrected chi connectivity index (χ2v) is 5.46. The summed E-state index contributed by atoms with van der Waals surface area (Å²) in [4.78, 5) is 0. The molecule has 2 heterocycles. The molecular formula is C12H28N2O2S2. The van der Waals surface area contributed by atoms with E-state index in [0.717, 1.165) is 52.6 Å². The van der Waals surface area contributed by atoms with Crippen LogP contribution in [-0.2, 0) is 9.47 Å². The Morgan fingerprint density at radius 2 is 0.889 bits per heavy atom. The molecule has 0 aromatic rings. The molecule has 0 amide bonds. The Labute approximate surface area is 120 Å². The van der Waals surface area contributed by atoms with Gasteiger partial charge in [0.05, 0.1) is 26.4 Å². The molecule has 2 aliphatic rings. The van der Waals surface area contributed by atoms with Crippen molar-refractivity contribution in [2.24, 2.45) is 0 Å². The lowest BCUT2D eigenvalue weighted by atomic mass is 10.5. The maximum atomic E-state index is 5.29. The normalized spacial score (nSPS) is 21.3. The molecule has 0 aliphatic carbocycles. The van der Waals surface area contributed by atoms with Crippen molar-refractivity contribution in [3.63, 3.8) is 0 Å². The summed E-state index contributed by atoms with van der Waals surface area (Å²) >= 11 is 0. The number of hydrogen-bond acceptors (Lipinski definition) is 6. The van der Waals surface area contributed by atoms with Crippen LogP contribution in [0.2, 0.25) is 0 Å². The predicted octanol–water partition coefficient (Wildman–Crippen LogP) is 2.91. The van der Waals surface area contributed by atoms with Crippen LogP contribution in [0, 0.1) is 0 Å². The van der Waals surface area contributed by atoms with Crippen molar-refractivity contribution >= 4 is 22.0 Å². The molecular weight excluding hydrogens is 268 g/mol. The van der Waals surface area contributed by atoms with E-state index in [2.05, 4.69) is 8.61 Å². The van der Waals surface area contributed by atoms with Gasteiger partial charge in [0.15, 0.2) is 0 Å². The minimum Gasteiger partial charge on any atom is -0.379 e. The van der Waals surface area contributed by atoms with Gasteiger partial charge in [-0.1, -0.05) is 27.7 Å². The number of rotatable bonds is 3. The average molecular weight is 297 g/mol. The fraction of sp³-hybridized carbons (Fsp3) is 1.00. The average Bonchev–Trinajstić information content (AvgIpc) is 2.51. The van der Waals surface area contributed by atoms with E-state index in [-0.39, 0.29) is 0 Å². The van der Waals surface area contributed by atoms with Gasteiger partial charge in [0, 0.05) is 48.1 Å². The van der Waals surface area contributed by atoms with Crippen LogP contribution in [-0.4, -0.2) is 61.2 Å². The van der Waals surface area contributed by atoms with Gasteiger partial charge in [-0.15, -0.1) is 0 Å². The van der Waals surface area contributed by atoms with Crippen LogP contribution in [0.5, 0.6) is 0 Å². The monoisotopic (exact) mass is 296 g/mol. The van der Waals surface area contributed by atoms with Gasteiger partial charge in [-0.25, -0.2) is 8.61 Å². The molecule has 18 heavy (non-hydrogen) atoms. The Hall–Kier alpha value is 0.540.